The van der Waals surface area contributed by atoms with Crippen molar-refractivity contribution in [1.82, 2.24) is 10.3 Å². The van der Waals surface area contributed by atoms with Gasteiger partial charge in [-0.3, -0.25) is 4.79 Å². The Balaban J connectivity index is 2.56. The molecule has 0 radical (unpaired) electrons. The predicted octanol–water partition coefficient (Wildman–Crippen LogP) is 0.535. The van der Waals surface area contributed by atoms with E-state index in [0.29, 0.717) is 5.82 Å². The first-order chi connectivity index (χ1) is 8.02. The van der Waals surface area contributed by atoms with Gasteiger partial charge in [0.15, 0.2) is 0 Å². The van der Waals surface area contributed by atoms with E-state index >= 15 is 0 Å². The molecular weight excluding hydrogens is 218 g/mol. The minimum Gasteiger partial charge on any atom is -0.392 e. The normalized spacial score (nSPS) is 10.4. The lowest BCUT2D eigenvalue weighted by atomic mass is 10.3. The molecule has 5 nitrogen and oxygen atoms in total. The maximum absolute atomic E-state index is 11.5. The highest BCUT2D eigenvalue weighted by Gasteiger charge is 2.09. The Morgan fingerprint density at radius 3 is 2.71 bits per heavy atom. The highest BCUT2D eigenvalue weighted by Crippen LogP contribution is 2.09. The van der Waals surface area contributed by atoms with Gasteiger partial charge in [-0.25, -0.2) is 4.98 Å². The summed E-state index contributed by atoms with van der Waals surface area (Å²) in [5, 5.41) is 11.7. The second kappa shape index (κ2) is 6.20. The van der Waals surface area contributed by atoms with E-state index < -0.39 is 0 Å². The van der Waals surface area contributed by atoms with Crippen LogP contribution < -0.4 is 10.2 Å². The summed E-state index contributed by atoms with van der Waals surface area (Å²) in [4.78, 5) is 17.5. The summed E-state index contributed by atoms with van der Waals surface area (Å²) in [6.45, 7) is 4.09. The number of rotatable bonds is 5. The van der Waals surface area contributed by atoms with Crippen LogP contribution in [-0.4, -0.2) is 35.6 Å². The third-order valence-electron chi connectivity index (χ3n) is 2.21. The molecule has 1 aromatic rings. The number of aliphatic hydroxyl groups excluding tert-OH is 1. The Hall–Kier alpha value is -1.62. The molecule has 1 amide bonds. The van der Waals surface area contributed by atoms with Crippen LogP contribution in [0.25, 0.3) is 0 Å². The standard InChI is InChI=1S/C12H19N3O2/c1-9(2)14-12(17)7-15(3)11-5-4-10(8-16)6-13-11/h4-6,9,16H,7-8H2,1-3H3,(H,14,17). The van der Waals surface area contributed by atoms with Gasteiger partial charge in [-0.15, -0.1) is 0 Å². The number of aliphatic hydroxyl groups is 1. The van der Waals surface area contributed by atoms with Crippen molar-refractivity contribution < 1.29 is 9.90 Å². The average molecular weight is 237 g/mol. The second-order valence-corrected chi connectivity index (χ2v) is 4.26. The average Bonchev–Trinajstić information content (AvgIpc) is 2.28. The molecule has 0 fully saturated rings. The van der Waals surface area contributed by atoms with Gasteiger partial charge in [-0.05, 0) is 25.5 Å². The molecule has 2 N–H and O–H groups in total. The van der Waals surface area contributed by atoms with Crippen molar-refractivity contribution in [1.29, 1.82) is 0 Å². The molecule has 0 aliphatic heterocycles. The molecule has 5 heteroatoms. The van der Waals surface area contributed by atoms with E-state index in [1.807, 2.05) is 13.8 Å². The fraction of sp³-hybridized carbons (Fsp3) is 0.500. The molecule has 0 spiro atoms. The van der Waals surface area contributed by atoms with E-state index in [2.05, 4.69) is 10.3 Å². The number of anilines is 1. The minimum absolute atomic E-state index is 0.0230. The number of likely N-dealkylation sites (N-methyl/N-ethyl adjacent to an activating group) is 1. The Morgan fingerprint density at radius 1 is 1.53 bits per heavy atom. The predicted molar refractivity (Wildman–Crippen MR) is 66.7 cm³/mol. The molecule has 0 atom stereocenters. The van der Waals surface area contributed by atoms with E-state index in [1.165, 1.54) is 0 Å². The Labute approximate surface area is 101 Å². The van der Waals surface area contributed by atoms with E-state index in [9.17, 15) is 4.79 Å². The first kappa shape index (κ1) is 13.4. The third-order valence-corrected chi connectivity index (χ3v) is 2.21. The first-order valence-electron chi connectivity index (χ1n) is 5.59. The van der Waals surface area contributed by atoms with E-state index in [0.717, 1.165) is 5.56 Å². The molecule has 94 valence electrons. The van der Waals surface area contributed by atoms with Crippen LogP contribution in [0.5, 0.6) is 0 Å². The lowest BCUT2D eigenvalue weighted by Crippen LogP contribution is -2.38. The van der Waals surface area contributed by atoms with Gasteiger partial charge in [0, 0.05) is 19.3 Å². The van der Waals surface area contributed by atoms with Gasteiger partial charge in [0.2, 0.25) is 5.91 Å². The molecule has 0 saturated heterocycles. The molecule has 1 rings (SSSR count). The van der Waals surface area contributed by atoms with Crippen molar-refractivity contribution in [2.45, 2.75) is 26.5 Å². The molecule has 0 aliphatic rings. The Kier molecular flexibility index (Phi) is 4.90. The molecule has 0 saturated carbocycles. The van der Waals surface area contributed by atoms with Crippen molar-refractivity contribution in [3.8, 4) is 0 Å². The highest BCUT2D eigenvalue weighted by atomic mass is 16.3. The molecule has 1 aromatic heterocycles. The smallest absolute Gasteiger partial charge is 0.239 e. The van der Waals surface area contributed by atoms with Gasteiger partial charge in [0.05, 0.1) is 13.2 Å². The number of nitrogens with zero attached hydrogens (tertiary/aromatic N) is 2. The highest BCUT2D eigenvalue weighted by molar-refractivity contribution is 5.81. The number of aromatic nitrogens is 1. The molecular formula is C12H19N3O2. The monoisotopic (exact) mass is 237 g/mol. The number of amides is 1. The number of nitrogens with one attached hydrogen (secondary N) is 1. The van der Waals surface area contributed by atoms with E-state index in [1.54, 1.807) is 30.3 Å². The summed E-state index contributed by atoms with van der Waals surface area (Å²) in [7, 11) is 1.81. The van der Waals surface area contributed by atoms with Crippen LogP contribution in [-0.2, 0) is 11.4 Å². The fourth-order valence-electron chi connectivity index (χ4n) is 1.40. The number of hydrogen-bond donors (Lipinski definition) is 2. The van der Waals surface area contributed by atoms with Gasteiger partial charge in [-0.1, -0.05) is 6.07 Å². The van der Waals surface area contributed by atoms with Crippen molar-refractivity contribution in [3.63, 3.8) is 0 Å². The summed E-state index contributed by atoms with van der Waals surface area (Å²) in [5.41, 5.74) is 0.758. The van der Waals surface area contributed by atoms with Crippen LogP contribution >= 0.6 is 0 Å². The van der Waals surface area contributed by atoms with Crippen LogP contribution in [0.4, 0.5) is 5.82 Å². The SMILES string of the molecule is CC(C)NC(=O)CN(C)c1ccc(CO)cn1. The molecule has 1 heterocycles. The van der Waals surface area contributed by atoms with Crippen LogP contribution in [0.3, 0.4) is 0 Å². The molecule has 0 aromatic carbocycles. The van der Waals surface area contributed by atoms with Crippen LogP contribution in [0.2, 0.25) is 0 Å². The maximum Gasteiger partial charge on any atom is 0.239 e. The Bertz CT molecular complexity index is 363. The number of carbonyl (C=O) groups excluding carboxylic acids is 1. The maximum atomic E-state index is 11.5. The summed E-state index contributed by atoms with van der Waals surface area (Å²) < 4.78 is 0. The lowest BCUT2D eigenvalue weighted by molar-refractivity contribution is -0.120. The summed E-state index contributed by atoms with van der Waals surface area (Å²) in [6.07, 6.45) is 1.60. The zero-order valence-corrected chi connectivity index (χ0v) is 10.5. The van der Waals surface area contributed by atoms with Gasteiger partial charge >= 0.3 is 0 Å². The first-order valence-corrected chi connectivity index (χ1v) is 5.59. The summed E-state index contributed by atoms with van der Waals surface area (Å²) in [5.74, 6) is 0.677. The van der Waals surface area contributed by atoms with Crippen LogP contribution in [0.1, 0.15) is 19.4 Å². The lowest BCUT2D eigenvalue weighted by Gasteiger charge is -2.18. The minimum atomic E-state index is -0.0319. The Morgan fingerprint density at radius 2 is 2.24 bits per heavy atom. The van der Waals surface area contributed by atoms with Crippen molar-refractivity contribution in [2.24, 2.45) is 0 Å². The van der Waals surface area contributed by atoms with E-state index in [-0.39, 0.29) is 25.1 Å². The van der Waals surface area contributed by atoms with Crippen molar-refractivity contribution >= 4 is 11.7 Å². The van der Waals surface area contributed by atoms with Crippen molar-refractivity contribution in [3.05, 3.63) is 23.9 Å². The topological polar surface area (TPSA) is 65.5 Å². The molecule has 17 heavy (non-hydrogen) atoms. The van der Waals surface area contributed by atoms with Gasteiger partial charge in [0.25, 0.3) is 0 Å². The zero-order chi connectivity index (χ0) is 12.8. The van der Waals surface area contributed by atoms with Crippen molar-refractivity contribution in [2.75, 3.05) is 18.5 Å². The number of carbonyl (C=O) groups is 1. The summed E-state index contributed by atoms with van der Waals surface area (Å²) in [6, 6.07) is 3.72. The molecule has 0 aliphatic carbocycles. The van der Waals surface area contributed by atoms with Crippen LogP contribution in [0.15, 0.2) is 18.3 Å². The van der Waals surface area contributed by atoms with Gasteiger partial charge < -0.3 is 15.3 Å². The largest absolute Gasteiger partial charge is 0.392 e. The third kappa shape index (κ3) is 4.40. The van der Waals surface area contributed by atoms with Gasteiger partial charge in [-0.2, -0.15) is 0 Å². The van der Waals surface area contributed by atoms with Crippen LogP contribution in [0, 0.1) is 0 Å². The van der Waals surface area contributed by atoms with E-state index in [4.69, 9.17) is 5.11 Å². The fourth-order valence-corrected chi connectivity index (χ4v) is 1.40. The summed E-state index contributed by atoms with van der Waals surface area (Å²) >= 11 is 0. The zero-order valence-electron chi connectivity index (χ0n) is 10.5. The number of pyridine rings is 1. The second-order valence-electron chi connectivity index (χ2n) is 4.26. The molecule has 0 unspecified atom stereocenters. The molecule has 0 bridgehead atoms. The quantitative estimate of drug-likeness (QED) is 0.784. The number of hydrogen-bond acceptors (Lipinski definition) is 4. The van der Waals surface area contributed by atoms with Gasteiger partial charge in [0.1, 0.15) is 5.82 Å².